The summed E-state index contributed by atoms with van der Waals surface area (Å²) in [5, 5.41) is 5.30. The zero-order valence-corrected chi connectivity index (χ0v) is 16.0. The number of carbonyl (C=O) groups excluding carboxylic acids is 1. The van der Waals surface area contributed by atoms with Crippen LogP contribution in [0.3, 0.4) is 0 Å². The van der Waals surface area contributed by atoms with Gasteiger partial charge >= 0.3 is 0 Å². The first-order valence-electron chi connectivity index (χ1n) is 8.21. The number of hydrogen-bond donors (Lipinski definition) is 1. The Morgan fingerprint density at radius 1 is 1.22 bits per heavy atom. The molecule has 0 aliphatic carbocycles. The van der Waals surface area contributed by atoms with Crippen LogP contribution in [0.4, 0.5) is 10.1 Å². The molecule has 27 heavy (non-hydrogen) atoms. The van der Waals surface area contributed by atoms with E-state index in [1.54, 1.807) is 30.6 Å². The van der Waals surface area contributed by atoms with Crippen molar-refractivity contribution in [3.05, 3.63) is 75.3 Å². The molecular formula is C20H15FN2O2S2. The Bertz CT molecular complexity index is 1110. The fourth-order valence-corrected chi connectivity index (χ4v) is 4.47. The monoisotopic (exact) mass is 398 g/mol. The normalized spacial score (nSPS) is 10.9. The number of carbonyl (C=O) groups is 1. The first-order chi connectivity index (χ1) is 13.1. The van der Waals surface area contributed by atoms with Gasteiger partial charge in [-0.25, -0.2) is 9.37 Å². The van der Waals surface area contributed by atoms with Gasteiger partial charge < -0.3 is 10.1 Å². The number of amides is 1. The second-order valence-corrected chi connectivity index (χ2v) is 7.66. The van der Waals surface area contributed by atoms with Gasteiger partial charge in [0.2, 0.25) is 0 Å². The zero-order valence-electron chi connectivity index (χ0n) is 14.4. The number of thiophene rings is 1. The van der Waals surface area contributed by atoms with E-state index in [9.17, 15) is 9.18 Å². The number of aromatic nitrogens is 1. The molecule has 136 valence electrons. The molecule has 0 aliphatic rings. The van der Waals surface area contributed by atoms with E-state index in [-0.39, 0.29) is 11.7 Å². The number of hydrogen-bond acceptors (Lipinski definition) is 5. The van der Waals surface area contributed by atoms with Crippen LogP contribution >= 0.6 is 22.7 Å². The van der Waals surface area contributed by atoms with Gasteiger partial charge in [-0.05, 0) is 36.8 Å². The summed E-state index contributed by atoms with van der Waals surface area (Å²) in [6.45, 7) is 2.09. The van der Waals surface area contributed by atoms with E-state index >= 15 is 0 Å². The molecule has 0 aliphatic heterocycles. The van der Waals surface area contributed by atoms with E-state index in [0.717, 1.165) is 10.4 Å². The van der Waals surface area contributed by atoms with Gasteiger partial charge in [0.05, 0.1) is 21.8 Å². The highest BCUT2D eigenvalue weighted by atomic mass is 32.1. The van der Waals surface area contributed by atoms with Crippen LogP contribution in [0.2, 0.25) is 0 Å². The molecule has 0 bridgehead atoms. The molecule has 1 amide bonds. The maximum atomic E-state index is 14.1. The minimum absolute atomic E-state index is 0.280. The molecule has 7 heteroatoms. The van der Waals surface area contributed by atoms with Crippen molar-refractivity contribution in [1.29, 1.82) is 0 Å². The number of fused-ring (bicyclic) bond motifs is 1. The average Bonchev–Trinajstić information content (AvgIpc) is 3.29. The van der Waals surface area contributed by atoms with Crippen LogP contribution in [0.5, 0.6) is 5.75 Å². The van der Waals surface area contributed by atoms with Crippen molar-refractivity contribution in [3.8, 4) is 5.75 Å². The fraction of sp³-hybridized carbons (Fsp3) is 0.100. The van der Waals surface area contributed by atoms with Crippen molar-refractivity contribution >= 4 is 44.4 Å². The minimum atomic E-state index is -0.313. The molecule has 2 aromatic heterocycles. The van der Waals surface area contributed by atoms with Crippen molar-refractivity contribution in [1.82, 2.24) is 4.98 Å². The lowest BCUT2D eigenvalue weighted by Gasteiger charge is -2.11. The zero-order chi connectivity index (χ0) is 18.8. The van der Waals surface area contributed by atoms with Gasteiger partial charge in [0, 0.05) is 15.5 Å². The van der Waals surface area contributed by atoms with E-state index in [1.807, 2.05) is 23.6 Å². The summed E-state index contributed by atoms with van der Waals surface area (Å²) >= 11 is 2.78. The summed E-state index contributed by atoms with van der Waals surface area (Å²) in [5.41, 5.74) is 3.79. The van der Waals surface area contributed by atoms with Gasteiger partial charge in [-0.3, -0.25) is 4.79 Å². The molecule has 4 nitrogen and oxygen atoms in total. The molecule has 0 atom stereocenters. The standard InChI is InChI=1S/C20H15FN2O2S2/c1-12-18-14(21)5-4-8-17(18)27-19(12)20(24)23-15-6-2-3-7-16(15)25-9-13-10-26-11-22-13/h2-8,10-11H,9H2,1H3,(H,23,24). The van der Waals surface area contributed by atoms with Crippen molar-refractivity contribution < 1.29 is 13.9 Å². The highest BCUT2D eigenvalue weighted by Crippen LogP contribution is 2.34. The maximum Gasteiger partial charge on any atom is 0.266 e. The number of ether oxygens (including phenoxy) is 1. The fourth-order valence-electron chi connectivity index (χ4n) is 2.81. The number of aryl methyl sites for hydroxylation is 1. The summed E-state index contributed by atoms with van der Waals surface area (Å²) < 4.78 is 20.7. The van der Waals surface area contributed by atoms with Crippen LogP contribution in [0.15, 0.2) is 53.4 Å². The van der Waals surface area contributed by atoms with Crippen molar-refractivity contribution in [2.45, 2.75) is 13.5 Å². The Kier molecular flexibility index (Phi) is 4.87. The third-order valence-corrected chi connectivity index (χ3v) is 5.99. The van der Waals surface area contributed by atoms with Crippen LogP contribution in [-0.4, -0.2) is 10.9 Å². The third-order valence-electron chi connectivity index (χ3n) is 4.10. The largest absolute Gasteiger partial charge is 0.485 e. The van der Waals surface area contributed by atoms with E-state index < -0.39 is 0 Å². The first-order valence-corrected chi connectivity index (χ1v) is 9.97. The van der Waals surface area contributed by atoms with Gasteiger partial charge in [-0.2, -0.15) is 0 Å². The molecule has 4 rings (SSSR count). The number of rotatable bonds is 5. The average molecular weight is 398 g/mol. The number of halogens is 1. The van der Waals surface area contributed by atoms with Gasteiger partial charge in [0.25, 0.3) is 5.91 Å². The van der Waals surface area contributed by atoms with E-state index in [4.69, 9.17) is 4.74 Å². The van der Waals surface area contributed by atoms with E-state index in [0.29, 0.717) is 33.9 Å². The highest BCUT2D eigenvalue weighted by molar-refractivity contribution is 7.21. The second-order valence-electron chi connectivity index (χ2n) is 5.89. The van der Waals surface area contributed by atoms with Crippen LogP contribution in [0, 0.1) is 12.7 Å². The number of nitrogens with one attached hydrogen (secondary N) is 1. The Morgan fingerprint density at radius 3 is 2.85 bits per heavy atom. The molecule has 2 aromatic carbocycles. The Balaban J connectivity index is 1.58. The number of anilines is 1. The van der Waals surface area contributed by atoms with E-state index in [2.05, 4.69) is 10.3 Å². The summed E-state index contributed by atoms with van der Waals surface area (Å²) in [6.07, 6.45) is 0. The predicted octanol–water partition coefficient (Wildman–Crippen LogP) is 5.64. The smallest absolute Gasteiger partial charge is 0.266 e. The quantitative estimate of drug-likeness (QED) is 0.473. The summed E-state index contributed by atoms with van der Waals surface area (Å²) in [5.74, 6) is -0.0334. The molecule has 1 N–H and O–H groups in total. The third kappa shape index (κ3) is 3.56. The number of para-hydroxylation sites is 2. The maximum absolute atomic E-state index is 14.1. The van der Waals surface area contributed by atoms with Gasteiger partial charge in [-0.1, -0.05) is 18.2 Å². The van der Waals surface area contributed by atoms with Crippen LogP contribution in [0.1, 0.15) is 20.9 Å². The lowest BCUT2D eigenvalue weighted by Crippen LogP contribution is -2.12. The van der Waals surface area contributed by atoms with Gasteiger partial charge in [0.15, 0.2) is 0 Å². The SMILES string of the molecule is Cc1c(C(=O)Nc2ccccc2OCc2cscn2)sc2cccc(F)c12. The van der Waals surface area contributed by atoms with Gasteiger partial charge in [-0.15, -0.1) is 22.7 Å². The van der Waals surface area contributed by atoms with Crippen molar-refractivity contribution in [2.75, 3.05) is 5.32 Å². The molecular weight excluding hydrogens is 383 g/mol. The topological polar surface area (TPSA) is 51.2 Å². The Labute approximate surface area is 163 Å². The first kappa shape index (κ1) is 17.6. The minimum Gasteiger partial charge on any atom is -0.485 e. The molecule has 4 aromatic rings. The van der Waals surface area contributed by atoms with Crippen molar-refractivity contribution in [2.24, 2.45) is 0 Å². The number of nitrogens with zero attached hydrogens (tertiary/aromatic N) is 1. The molecule has 0 saturated heterocycles. The number of thiazole rings is 1. The highest BCUT2D eigenvalue weighted by Gasteiger charge is 2.19. The van der Waals surface area contributed by atoms with Gasteiger partial charge in [0.1, 0.15) is 18.2 Å². The molecule has 0 saturated carbocycles. The molecule has 2 heterocycles. The number of benzene rings is 2. The molecule has 0 fully saturated rings. The van der Waals surface area contributed by atoms with Crippen LogP contribution in [0.25, 0.3) is 10.1 Å². The molecule has 0 radical (unpaired) electrons. The second kappa shape index (κ2) is 7.46. The summed E-state index contributed by atoms with van der Waals surface area (Å²) in [6, 6.07) is 12.1. The van der Waals surface area contributed by atoms with Crippen LogP contribution in [-0.2, 0) is 6.61 Å². The molecule has 0 spiro atoms. The Morgan fingerprint density at radius 2 is 2.07 bits per heavy atom. The summed E-state index contributed by atoms with van der Waals surface area (Å²) in [7, 11) is 0. The van der Waals surface area contributed by atoms with E-state index in [1.165, 1.54) is 28.7 Å². The lowest BCUT2D eigenvalue weighted by atomic mass is 10.1. The summed E-state index contributed by atoms with van der Waals surface area (Å²) in [4.78, 5) is 17.5. The predicted molar refractivity (Wildman–Crippen MR) is 107 cm³/mol. The lowest BCUT2D eigenvalue weighted by molar-refractivity contribution is 0.102. The van der Waals surface area contributed by atoms with Crippen molar-refractivity contribution in [3.63, 3.8) is 0 Å². The Hall–Kier alpha value is -2.77. The molecule has 0 unspecified atom stereocenters. The van der Waals surface area contributed by atoms with Crippen LogP contribution < -0.4 is 10.1 Å².